The summed E-state index contributed by atoms with van der Waals surface area (Å²) in [5.41, 5.74) is 3.19. The van der Waals surface area contributed by atoms with E-state index in [1.807, 2.05) is 43.3 Å². The Bertz CT molecular complexity index is 608. The van der Waals surface area contributed by atoms with Gasteiger partial charge >= 0.3 is 0 Å². The average molecular weight is 290 g/mol. The van der Waals surface area contributed by atoms with E-state index in [2.05, 4.69) is 5.32 Å². The van der Waals surface area contributed by atoms with E-state index in [-0.39, 0.29) is 12.5 Å². The number of hydrogen-bond donors (Lipinski definition) is 2. The summed E-state index contributed by atoms with van der Waals surface area (Å²) in [6.07, 6.45) is 0. The summed E-state index contributed by atoms with van der Waals surface area (Å²) in [6, 6.07) is 12.8. The predicted molar refractivity (Wildman–Crippen MR) is 79.7 cm³/mol. The molecular weight excluding hydrogens is 274 g/mol. The maximum Gasteiger partial charge on any atom is 0.253 e. The molecule has 0 saturated carbocycles. The summed E-state index contributed by atoms with van der Waals surface area (Å²) in [5.74, 6) is -0.190. The molecule has 0 aromatic heterocycles. The van der Waals surface area contributed by atoms with Gasteiger partial charge in [0.1, 0.15) is 0 Å². The van der Waals surface area contributed by atoms with Crippen LogP contribution in [-0.4, -0.2) is 11.0 Å². The predicted octanol–water partition coefficient (Wildman–Crippen LogP) is 3.07. The first-order valence-electron chi connectivity index (χ1n) is 6.34. The van der Waals surface area contributed by atoms with Gasteiger partial charge in [0.15, 0.2) is 0 Å². The van der Waals surface area contributed by atoms with Gasteiger partial charge in [0, 0.05) is 6.54 Å². The Labute approximate surface area is 123 Å². The highest BCUT2D eigenvalue weighted by Gasteiger charge is 2.11. The molecule has 0 bridgehead atoms. The van der Waals surface area contributed by atoms with Crippen molar-refractivity contribution in [1.82, 2.24) is 5.32 Å². The molecule has 0 heterocycles. The number of hydrogen-bond acceptors (Lipinski definition) is 2. The monoisotopic (exact) mass is 289 g/mol. The van der Waals surface area contributed by atoms with Crippen LogP contribution in [0.5, 0.6) is 0 Å². The highest BCUT2D eigenvalue weighted by atomic mass is 35.5. The van der Waals surface area contributed by atoms with Crippen LogP contribution >= 0.6 is 11.6 Å². The van der Waals surface area contributed by atoms with Crippen molar-refractivity contribution >= 4 is 17.5 Å². The molecule has 0 aliphatic heterocycles. The molecule has 0 fully saturated rings. The van der Waals surface area contributed by atoms with Crippen molar-refractivity contribution in [1.29, 1.82) is 0 Å². The Morgan fingerprint density at radius 3 is 2.45 bits per heavy atom. The Morgan fingerprint density at radius 1 is 1.15 bits per heavy atom. The quantitative estimate of drug-likeness (QED) is 0.909. The zero-order valence-electron chi connectivity index (χ0n) is 11.2. The molecule has 0 radical (unpaired) electrons. The number of nitrogens with one attached hydrogen (secondary N) is 1. The fourth-order valence-electron chi connectivity index (χ4n) is 1.86. The van der Waals surface area contributed by atoms with E-state index in [1.54, 1.807) is 6.07 Å². The molecule has 0 atom stereocenters. The number of halogens is 1. The lowest BCUT2D eigenvalue weighted by atomic mass is 10.1. The Kier molecular flexibility index (Phi) is 4.77. The number of rotatable bonds is 4. The summed E-state index contributed by atoms with van der Waals surface area (Å²) >= 11 is 6.12. The first-order valence-corrected chi connectivity index (χ1v) is 6.71. The van der Waals surface area contributed by atoms with Crippen LogP contribution in [0.15, 0.2) is 42.5 Å². The largest absolute Gasteiger partial charge is 0.392 e. The van der Waals surface area contributed by atoms with Gasteiger partial charge in [-0.15, -0.1) is 0 Å². The topological polar surface area (TPSA) is 49.3 Å². The summed E-state index contributed by atoms with van der Waals surface area (Å²) in [4.78, 5) is 12.1. The molecule has 4 heteroatoms. The molecule has 2 rings (SSSR count). The van der Waals surface area contributed by atoms with Gasteiger partial charge in [-0.3, -0.25) is 4.79 Å². The highest BCUT2D eigenvalue weighted by Crippen LogP contribution is 2.20. The molecule has 0 aliphatic rings. The Morgan fingerprint density at radius 2 is 1.80 bits per heavy atom. The minimum atomic E-state index is -0.190. The van der Waals surface area contributed by atoms with Crippen LogP contribution in [0.25, 0.3) is 0 Å². The van der Waals surface area contributed by atoms with Crippen molar-refractivity contribution in [3.05, 3.63) is 69.7 Å². The van der Waals surface area contributed by atoms with Gasteiger partial charge in [-0.05, 0) is 29.7 Å². The van der Waals surface area contributed by atoms with Crippen LogP contribution in [0.2, 0.25) is 5.02 Å². The van der Waals surface area contributed by atoms with Crippen LogP contribution in [0.3, 0.4) is 0 Å². The van der Waals surface area contributed by atoms with Crippen LogP contribution in [0, 0.1) is 6.92 Å². The third-order valence-electron chi connectivity index (χ3n) is 3.10. The van der Waals surface area contributed by atoms with Gasteiger partial charge in [0.05, 0.1) is 17.2 Å². The number of benzene rings is 2. The minimum absolute atomic E-state index is 0.0194. The summed E-state index contributed by atoms with van der Waals surface area (Å²) in [7, 11) is 0. The maximum absolute atomic E-state index is 12.1. The maximum atomic E-state index is 12.1. The van der Waals surface area contributed by atoms with Crippen LogP contribution in [-0.2, 0) is 13.2 Å². The SMILES string of the molecule is Cc1cccc(C(=O)NCc2ccc(CO)cc2)c1Cl. The van der Waals surface area contributed by atoms with Crippen LogP contribution in [0.4, 0.5) is 0 Å². The van der Waals surface area contributed by atoms with E-state index in [0.717, 1.165) is 16.7 Å². The number of aliphatic hydroxyl groups is 1. The zero-order valence-corrected chi connectivity index (χ0v) is 11.9. The number of amides is 1. The van der Waals surface area contributed by atoms with Gasteiger partial charge in [0.25, 0.3) is 5.91 Å². The molecule has 2 aromatic carbocycles. The van der Waals surface area contributed by atoms with Gasteiger partial charge < -0.3 is 10.4 Å². The van der Waals surface area contributed by atoms with Crippen LogP contribution in [0.1, 0.15) is 27.0 Å². The molecule has 20 heavy (non-hydrogen) atoms. The van der Waals surface area contributed by atoms with Crippen molar-refractivity contribution in [2.75, 3.05) is 0 Å². The van der Waals surface area contributed by atoms with E-state index in [9.17, 15) is 4.79 Å². The van der Waals surface area contributed by atoms with E-state index >= 15 is 0 Å². The third kappa shape index (κ3) is 3.38. The normalized spacial score (nSPS) is 10.3. The standard InChI is InChI=1S/C16H16ClNO2/c1-11-3-2-4-14(15(11)17)16(20)18-9-12-5-7-13(10-19)8-6-12/h2-8,19H,9-10H2,1H3,(H,18,20). The second-order valence-electron chi connectivity index (χ2n) is 4.59. The van der Waals surface area contributed by atoms with Gasteiger partial charge in [0.2, 0.25) is 0 Å². The van der Waals surface area contributed by atoms with Gasteiger partial charge in [-0.25, -0.2) is 0 Å². The summed E-state index contributed by atoms with van der Waals surface area (Å²) in [6.45, 7) is 2.31. The van der Waals surface area contributed by atoms with E-state index < -0.39 is 0 Å². The Hall–Kier alpha value is -1.84. The molecule has 0 spiro atoms. The fourth-order valence-corrected chi connectivity index (χ4v) is 2.07. The summed E-state index contributed by atoms with van der Waals surface area (Å²) in [5, 5.41) is 12.3. The first kappa shape index (κ1) is 14.6. The van der Waals surface area contributed by atoms with E-state index in [1.165, 1.54) is 0 Å². The molecule has 0 aliphatic carbocycles. The van der Waals surface area contributed by atoms with Crippen molar-refractivity contribution in [3.63, 3.8) is 0 Å². The second-order valence-corrected chi connectivity index (χ2v) is 4.97. The van der Waals surface area contributed by atoms with Crippen molar-refractivity contribution < 1.29 is 9.90 Å². The fraction of sp³-hybridized carbons (Fsp3) is 0.188. The number of carbonyl (C=O) groups excluding carboxylic acids is 1. The second kappa shape index (κ2) is 6.55. The number of aliphatic hydroxyl groups excluding tert-OH is 1. The van der Waals surface area contributed by atoms with Crippen molar-refractivity contribution in [2.45, 2.75) is 20.1 Å². The van der Waals surface area contributed by atoms with Crippen LogP contribution < -0.4 is 5.32 Å². The molecule has 3 nitrogen and oxygen atoms in total. The molecule has 2 aromatic rings. The zero-order chi connectivity index (χ0) is 14.5. The smallest absolute Gasteiger partial charge is 0.253 e. The average Bonchev–Trinajstić information content (AvgIpc) is 2.48. The van der Waals surface area contributed by atoms with Crippen molar-refractivity contribution in [3.8, 4) is 0 Å². The molecular formula is C16H16ClNO2. The lowest BCUT2D eigenvalue weighted by Crippen LogP contribution is -2.23. The van der Waals surface area contributed by atoms with E-state index in [4.69, 9.17) is 16.7 Å². The highest BCUT2D eigenvalue weighted by molar-refractivity contribution is 6.34. The Balaban J connectivity index is 2.02. The van der Waals surface area contributed by atoms with Gasteiger partial charge in [-0.2, -0.15) is 0 Å². The van der Waals surface area contributed by atoms with Gasteiger partial charge in [-0.1, -0.05) is 48.0 Å². The molecule has 104 valence electrons. The minimum Gasteiger partial charge on any atom is -0.392 e. The molecule has 1 amide bonds. The summed E-state index contributed by atoms with van der Waals surface area (Å²) < 4.78 is 0. The third-order valence-corrected chi connectivity index (χ3v) is 3.60. The van der Waals surface area contributed by atoms with E-state index in [0.29, 0.717) is 17.1 Å². The molecule has 0 unspecified atom stereocenters. The number of aryl methyl sites for hydroxylation is 1. The first-order chi connectivity index (χ1) is 9.61. The number of carbonyl (C=O) groups is 1. The molecule has 0 saturated heterocycles. The van der Waals surface area contributed by atoms with Crippen molar-refractivity contribution in [2.24, 2.45) is 0 Å². The lowest BCUT2D eigenvalue weighted by Gasteiger charge is -2.08. The molecule has 2 N–H and O–H groups in total. The lowest BCUT2D eigenvalue weighted by molar-refractivity contribution is 0.0951.